The molecular weight excluding hydrogens is 340 g/mol. The van der Waals surface area contributed by atoms with Crippen LogP contribution in [0.25, 0.3) is 0 Å². The first-order valence-electron chi connectivity index (χ1n) is 8.49. The molecule has 2 saturated heterocycles. The van der Waals surface area contributed by atoms with Crippen molar-refractivity contribution in [3.63, 3.8) is 0 Å². The number of aryl methyl sites for hydroxylation is 1. The normalized spacial score (nSPS) is 28.4. The van der Waals surface area contributed by atoms with E-state index in [9.17, 15) is 18.0 Å². The van der Waals surface area contributed by atoms with Crippen LogP contribution in [0, 0.1) is 19.8 Å². The van der Waals surface area contributed by atoms with Crippen LogP contribution >= 0.6 is 0 Å². The van der Waals surface area contributed by atoms with E-state index in [-0.39, 0.29) is 29.7 Å². The van der Waals surface area contributed by atoms with E-state index in [1.807, 2.05) is 32.0 Å². The minimum absolute atomic E-state index is 0.0346. The van der Waals surface area contributed by atoms with Crippen LogP contribution in [0.4, 0.5) is 5.69 Å². The van der Waals surface area contributed by atoms with Crippen LogP contribution in [-0.4, -0.2) is 43.8 Å². The highest BCUT2D eigenvalue weighted by atomic mass is 32.2. The third-order valence-corrected chi connectivity index (χ3v) is 7.19. The van der Waals surface area contributed by atoms with Crippen LogP contribution in [-0.2, 0) is 19.4 Å². The number of carbonyl (C=O) groups is 2. The molecule has 6 nitrogen and oxygen atoms in total. The Kier molecular flexibility index (Phi) is 4.39. The predicted octanol–water partition coefficient (Wildman–Crippen LogP) is 1.35. The maximum absolute atomic E-state index is 12.6. The van der Waals surface area contributed by atoms with Gasteiger partial charge in [0.05, 0.1) is 23.0 Å². The standard InChI is InChI=1S/C18H24N2O4S/c1-12-5-4-6-15(13(12)2)20-10-14(9-16(20)21)17(22)19-18(3)7-8-25(23,24)11-18/h4-6,14H,7-11H2,1-3H3,(H,19,22)/t14-,18-/m0/s1. The van der Waals surface area contributed by atoms with Crippen molar-refractivity contribution in [1.29, 1.82) is 0 Å². The number of nitrogens with zero attached hydrogens (tertiary/aromatic N) is 1. The number of nitrogens with one attached hydrogen (secondary N) is 1. The lowest BCUT2D eigenvalue weighted by Crippen LogP contribution is -2.49. The fourth-order valence-corrected chi connectivity index (χ4v) is 5.75. The second-order valence-corrected chi connectivity index (χ2v) is 9.70. The molecule has 2 atom stereocenters. The SMILES string of the molecule is Cc1cccc(N2C[C@@H](C(=O)N[C@@]3(C)CCS(=O)(=O)C3)CC2=O)c1C. The molecule has 2 heterocycles. The van der Waals surface area contributed by atoms with Gasteiger partial charge in [0.2, 0.25) is 11.8 Å². The van der Waals surface area contributed by atoms with Crippen molar-refractivity contribution in [2.45, 2.75) is 39.2 Å². The van der Waals surface area contributed by atoms with E-state index in [0.717, 1.165) is 16.8 Å². The predicted molar refractivity (Wildman–Crippen MR) is 96.2 cm³/mol. The number of hydrogen-bond donors (Lipinski definition) is 1. The number of amides is 2. The zero-order valence-electron chi connectivity index (χ0n) is 14.8. The van der Waals surface area contributed by atoms with Gasteiger partial charge in [-0.05, 0) is 44.4 Å². The monoisotopic (exact) mass is 364 g/mol. The maximum Gasteiger partial charge on any atom is 0.227 e. The lowest BCUT2D eigenvalue weighted by Gasteiger charge is -2.26. The molecule has 2 amide bonds. The Hall–Kier alpha value is -1.89. The molecule has 25 heavy (non-hydrogen) atoms. The van der Waals surface area contributed by atoms with Gasteiger partial charge in [-0.2, -0.15) is 0 Å². The van der Waals surface area contributed by atoms with E-state index in [2.05, 4.69) is 5.32 Å². The molecule has 2 aliphatic heterocycles. The van der Waals surface area contributed by atoms with Gasteiger partial charge in [0.25, 0.3) is 0 Å². The molecule has 2 aliphatic rings. The van der Waals surface area contributed by atoms with Crippen LogP contribution < -0.4 is 10.2 Å². The number of sulfone groups is 1. The molecule has 0 bridgehead atoms. The average molecular weight is 364 g/mol. The van der Waals surface area contributed by atoms with Crippen molar-refractivity contribution in [2.75, 3.05) is 23.0 Å². The summed E-state index contributed by atoms with van der Waals surface area (Å²) in [5.41, 5.74) is 2.24. The fraction of sp³-hybridized carbons (Fsp3) is 0.556. The van der Waals surface area contributed by atoms with Crippen molar-refractivity contribution in [3.8, 4) is 0 Å². The van der Waals surface area contributed by atoms with Crippen molar-refractivity contribution in [1.82, 2.24) is 5.32 Å². The Balaban J connectivity index is 1.72. The van der Waals surface area contributed by atoms with Crippen molar-refractivity contribution in [3.05, 3.63) is 29.3 Å². The number of benzene rings is 1. The second kappa shape index (κ2) is 6.12. The maximum atomic E-state index is 12.6. The molecule has 3 rings (SSSR count). The third-order valence-electron chi connectivity index (χ3n) is 5.29. The summed E-state index contributed by atoms with van der Waals surface area (Å²) in [4.78, 5) is 26.7. The first-order chi connectivity index (χ1) is 11.6. The van der Waals surface area contributed by atoms with E-state index in [0.29, 0.717) is 13.0 Å². The molecule has 0 radical (unpaired) electrons. The smallest absolute Gasteiger partial charge is 0.227 e. The average Bonchev–Trinajstić information content (AvgIpc) is 3.02. The van der Waals surface area contributed by atoms with Crippen LogP contribution in [0.15, 0.2) is 18.2 Å². The van der Waals surface area contributed by atoms with Crippen molar-refractivity contribution < 1.29 is 18.0 Å². The molecule has 0 unspecified atom stereocenters. The van der Waals surface area contributed by atoms with Crippen molar-refractivity contribution in [2.24, 2.45) is 5.92 Å². The zero-order chi connectivity index (χ0) is 18.4. The summed E-state index contributed by atoms with van der Waals surface area (Å²) in [6.45, 7) is 6.05. The molecular formula is C18H24N2O4S. The van der Waals surface area contributed by atoms with E-state index < -0.39 is 21.3 Å². The van der Waals surface area contributed by atoms with Gasteiger partial charge in [0.1, 0.15) is 0 Å². The van der Waals surface area contributed by atoms with Gasteiger partial charge in [0.15, 0.2) is 9.84 Å². The highest BCUT2D eigenvalue weighted by Gasteiger charge is 2.42. The first kappa shape index (κ1) is 17.9. The summed E-state index contributed by atoms with van der Waals surface area (Å²) >= 11 is 0. The van der Waals surface area contributed by atoms with Gasteiger partial charge in [-0.25, -0.2) is 8.42 Å². The fourth-order valence-electron chi connectivity index (χ4n) is 3.65. The number of rotatable bonds is 3. The number of anilines is 1. The Morgan fingerprint density at radius 3 is 2.68 bits per heavy atom. The largest absolute Gasteiger partial charge is 0.350 e. The van der Waals surface area contributed by atoms with E-state index in [1.54, 1.807) is 11.8 Å². The van der Waals surface area contributed by atoms with E-state index in [4.69, 9.17) is 0 Å². The van der Waals surface area contributed by atoms with Gasteiger partial charge in [-0.3, -0.25) is 9.59 Å². The molecule has 0 aliphatic carbocycles. The van der Waals surface area contributed by atoms with Gasteiger partial charge < -0.3 is 10.2 Å². The minimum Gasteiger partial charge on any atom is -0.350 e. The molecule has 1 aromatic rings. The highest BCUT2D eigenvalue weighted by molar-refractivity contribution is 7.91. The summed E-state index contributed by atoms with van der Waals surface area (Å²) in [5, 5.41) is 2.87. The molecule has 0 saturated carbocycles. The third kappa shape index (κ3) is 3.56. The minimum atomic E-state index is -3.09. The topological polar surface area (TPSA) is 83.6 Å². The Morgan fingerprint density at radius 2 is 2.04 bits per heavy atom. The molecule has 7 heteroatoms. The Bertz CT molecular complexity index is 833. The summed E-state index contributed by atoms with van der Waals surface area (Å²) in [6, 6.07) is 5.79. The first-order valence-corrected chi connectivity index (χ1v) is 10.3. The summed E-state index contributed by atoms with van der Waals surface area (Å²) in [5.74, 6) is -0.693. The second-order valence-electron chi connectivity index (χ2n) is 7.52. The summed E-state index contributed by atoms with van der Waals surface area (Å²) < 4.78 is 23.4. The Morgan fingerprint density at radius 1 is 1.32 bits per heavy atom. The molecule has 2 fully saturated rings. The van der Waals surface area contributed by atoms with Gasteiger partial charge in [-0.1, -0.05) is 12.1 Å². The molecule has 0 aromatic heterocycles. The number of hydrogen-bond acceptors (Lipinski definition) is 4. The van der Waals surface area contributed by atoms with Crippen LogP contribution in [0.5, 0.6) is 0 Å². The summed E-state index contributed by atoms with van der Waals surface area (Å²) in [7, 11) is -3.09. The highest BCUT2D eigenvalue weighted by Crippen LogP contribution is 2.30. The van der Waals surface area contributed by atoms with Crippen molar-refractivity contribution >= 4 is 27.3 Å². The zero-order valence-corrected chi connectivity index (χ0v) is 15.6. The van der Waals surface area contributed by atoms with Gasteiger partial charge >= 0.3 is 0 Å². The summed E-state index contributed by atoms with van der Waals surface area (Å²) in [6.07, 6.45) is 0.574. The van der Waals surface area contributed by atoms with Crippen LogP contribution in [0.1, 0.15) is 30.9 Å². The lowest BCUT2D eigenvalue weighted by molar-refractivity contribution is -0.127. The number of carbonyl (C=O) groups excluding carboxylic acids is 2. The molecule has 1 N–H and O–H groups in total. The van der Waals surface area contributed by atoms with E-state index in [1.165, 1.54) is 0 Å². The van der Waals surface area contributed by atoms with Gasteiger partial charge in [-0.15, -0.1) is 0 Å². The van der Waals surface area contributed by atoms with E-state index >= 15 is 0 Å². The molecule has 0 spiro atoms. The van der Waals surface area contributed by atoms with Crippen LogP contribution in [0.2, 0.25) is 0 Å². The Labute approximate surface area is 148 Å². The quantitative estimate of drug-likeness (QED) is 0.877. The van der Waals surface area contributed by atoms with Crippen LogP contribution in [0.3, 0.4) is 0 Å². The van der Waals surface area contributed by atoms with Gasteiger partial charge in [0, 0.05) is 18.7 Å². The molecule has 136 valence electrons. The lowest BCUT2D eigenvalue weighted by atomic mass is 9.99. The molecule has 1 aromatic carbocycles.